The summed E-state index contributed by atoms with van der Waals surface area (Å²) in [6.45, 7) is 6.29. The van der Waals surface area contributed by atoms with Gasteiger partial charge in [0, 0.05) is 24.9 Å². The molecule has 0 fully saturated rings. The van der Waals surface area contributed by atoms with Crippen molar-refractivity contribution in [1.29, 1.82) is 0 Å². The van der Waals surface area contributed by atoms with E-state index in [2.05, 4.69) is 83.9 Å². The molecular weight excluding hydrogens is 359 g/mol. The highest BCUT2D eigenvalue weighted by molar-refractivity contribution is 5.27. The molecule has 2 rings (SSSR count). The zero-order valence-electron chi connectivity index (χ0n) is 12.1. The van der Waals surface area contributed by atoms with Gasteiger partial charge in [-0.1, -0.05) is 17.9 Å². The Morgan fingerprint density at radius 1 is 1.25 bits per heavy atom. The number of halogens is 1. The Kier molecular flexibility index (Phi) is 7.34. The Labute approximate surface area is 138 Å². The smallest absolute Gasteiger partial charge is 0.185 e. The molecule has 0 radical (unpaired) electrons. The molecule has 0 aliphatic carbocycles. The second-order valence-corrected chi connectivity index (χ2v) is 4.40. The number of rotatable bonds is 4. The molecule has 0 amide bonds. The molecule has 3 heteroatoms. The Morgan fingerprint density at radius 2 is 2.10 bits per heavy atom. The molecular formula is C17H21IN2. The van der Waals surface area contributed by atoms with Gasteiger partial charge in [-0.2, -0.15) is 0 Å². The molecule has 2 heterocycles. The number of allylic oxidation sites excluding steroid dienone is 3. The van der Waals surface area contributed by atoms with Crippen LogP contribution in [0.3, 0.4) is 0 Å². The highest BCUT2D eigenvalue weighted by atomic mass is 127. The van der Waals surface area contributed by atoms with Gasteiger partial charge in [0.2, 0.25) is 0 Å². The van der Waals surface area contributed by atoms with Crippen molar-refractivity contribution in [3.8, 4) is 0 Å². The lowest BCUT2D eigenvalue weighted by atomic mass is 10.2. The van der Waals surface area contributed by atoms with Crippen molar-refractivity contribution in [2.24, 2.45) is 0 Å². The number of hydrogen-bond donors (Lipinski definition) is 0. The van der Waals surface area contributed by atoms with E-state index in [1.807, 2.05) is 0 Å². The molecule has 2 nitrogen and oxygen atoms in total. The molecule has 0 N–H and O–H groups in total. The average molecular weight is 380 g/mol. The summed E-state index contributed by atoms with van der Waals surface area (Å²) in [5.74, 6) is 0. The predicted molar refractivity (Wildman–Crippen MR) is 78.3 cm³/mol. The van der Waals surface area contributed by atoms with Crippen molar-refractivity contribution in [1.82, 2.24) is 4.90 Å². The fraction of sp³-hybridized carbons (Fsp3) is 0.294. The molecule has 20 heavy (non-hydrogen) atoms. The van der Waals surface area contributed by atoms with Crippen molar-refractivity contribution in [2.75, 3.05) is 6.54 Å². The first kappa shape index (κ1) is 16.7. The predicted octanol–water partition coefficient (Wildman–Crippen LogP) is -0.0151. The number of likely N-dealkylation sites (N-methyl/N-ethyl adjacent to an activating group) is 1. The second-order valence-electron chi connectivity index (χ2n) is 4.40. The van der Waals surface area contributed by atoms with Crippen LogP contribution in [0.2, 0.25) is 0 Å². The van der Waals surface area contributed by atoms with E-state index in [0.29, 0.717) is 0 Å². The molecule has 0 atom stereocenters. The first-order valence-corrected chi connectivity index (χ1v) is 6.89. The summed E-state index contributed by atoms with van der Waals surface area (Å²) in [7, 11) is 0. The Morgan fingerprint density at radius 3 is 2.85 bits per heavy atom. The first-order chi connectivity index (χ1) is 9.35. The lowest BCUT2D eigenvalue weighted by molar-refractivity contribution is -0.700. The summed E-state index contributed by atoms with van der Waals surface area (Å²) < 4.78 is 2.26. The van der Waals surface area contributed by atoms with Crippen molar-refractivity contribution in [3.63, 3.8) is 0 Å². The third-order valence-electron chi connectivity index (χ3n) is 3.22. The van der Waals surface area contributed by atoms with Crippen LogP contribution in [0.15, 0.2) is 66.3 Å². The van der Waals surface area contributed by atoms with Crippen LogP contribution in [0, 0.1) is 0 Å². The molecule has 0 spiro atoms. The number of hydrogen-bond acceptors (Lipinski definition) is 1. The maximum absolute atomic E-state index is 3.39. The van der Waals surface area contributed by atoms with Gasteiger partial charge < -0.3 is 28.9 Å². The monoisotopic (exact) mass is 380 g/mol. The highest BCUT2D eigenvalue weighted by Crippen LogP contribution is 2.10. The number of aryl methyl sites for hydroxylation is 1. The van der Waals surface area contributed by atoms with Gasteiger partial charge in [0.05, 0.1) is 12.1 Å². The average Bonchev–Trinajstić information content (AvgIpc) is 2.48. The largest absolute Gasteiger partial charge is 1.00 e. The topological polar surface area (TPSA) is 7.12 Å². The van der Waals surface area contributed by atoms with Crippen LogP contribution in [0.4, 0.5) is 0 Å². The number of nitrogens with zero attached hydrogens (tertiary/aromatic N) is 2. The van der Waals surface area contributed by atoms with Gasteiger partial charge in [0.25, 0.3) is 0 Å². The SMILES string of the molecule is CCN1C=CC=CC1=C=CCc1cccc[n+]1CC.[I-]. The van der Waals surface area contributed by atoms with Gasteiger partial charge in [-0.25, -0.2) is 4.57 Å². The summed E-state index contributed by atoms with van der Waals surface area (Å²) >= 11 is 0. The fourth-order valence-corrected chi connectivity index (χ4v) is 2.15. The zero-order chi connectivity index (χ0) is 13.5. The third kappa shape index (κ3) is 4.36. The number of pyridine rings is 1. The maximum atomic E-state index is 3.39. The number of aromatic nitrogens is 1. The highest BCUT2D eigenvalue weighted by Gasteiger charge is 2.05. The minimum absolute atomic E-state index is 0. The molecule has 1 aliphatic heterocycles. The molecule has 0 saturated carbocycles. The van der Waals surface area contributed by atoms with E-state index >= 15 is 0 Å². The van der Waals surface area contributed by atoms with E-state index in [0.717, 1.165) is 25.2 Å². The maximum Gasteiger partial charge on any atom is 0.185 e. The van der Waals surface area contributed by atoms with Crippen molar-refractivity contribution in [3.05, 3.63) is 72.0 Å². The van der Waals surface area contributed by atoms with Crippen molar-refractivity contribution in [2.45, 2.75) is 26.8 Å². The van der Waals surface area contributed by atoms with Gasteiger partial charge in [0.1, 0.15) is 6.54 Å². The van der Waals surface area contributed by atoms with Gasteiger partial charge in [0.15, 0.2) is 11.9 Å². The van der Waals surface area contributed by atoms with Crippen LogP contribution >= 0.6 is 0 Å². The fourth-order valence-electron chi connectivity index (χ4n) is 2.15. The summed E-state index contributed by atoms with van der Waals surface area (Å²) in [5.41, 5.74) is 5.83. The van der Waals surface area contributed by atoms with Crippen LogP contribution in [0.5, 0.6) is 0 Å². The molecule has 106 valence electrons. The van der Waals surface area contributed by atoms with Crippen LogP contribution in [-0.2, 0) is 13.0 Å². The lowest BCUT2D eigenvalue weighted by Gasteiger charge is -2.19. The minimum Gasteiger partial charge on any atom is -1.00 e. The minimum atomic E-state index is 0. The first-order valence-electron chi connectivity index (χ1n) is 6.89. The molecule has 0 unspecified atom stereocenters. The molecule has 1 aliphatic rings. The summed E-state index contributed by atoms with van der Waals surface area (Å²) in [4.78, 5) is 2.19. The van der Waals surface area contributed by atoms with Crippen LogP contribution in [-0.4, -0.2) is 11.4 Å². The summed E-state index contributed by atoms with van der Waals surface area (Å²) in [6, 6.07) is 6.33. The molecule has 0 saturated heterocycles. The molecule has 0 bridgehead atoms. The normalized spacial score (nSPS) is 12.9. The Balaban J connectivity index is 0.00000200. The van der Waals surface area contributed by atoms with Gasteiger partial charge >= 0.3 is 0 Å². The lowest BCUT2D eigenvalue weighted by Crippen LogP contribution is -3.00. The standard InChI is InChI=1S/C17H21N2.HI/c1-3-18-14-7-5-10-16(18)12-9-13-17-11-6-8-15-19(17)4-2;/h5-11,14-15H,3-4,12H2,1-2H3;1H/q+1;/p-1. The van der Waals surface area contributed by atoms with Crippen LogP contribution in [0.25, 0.3) is 0 Å². The molecule has 0 aromatic carbocycles. The summed E-state index contributed by atoms with van der Waals surface area (Å²) in [6.07, 6.45) is 13.4. The third-order valence-corrected chi connectivity index (χ3v) is 3.22. The van der Waals surface area contributed by atoms with E-state index in [4.69, 9.17) is 0 Å². The van der Waals surface area contributed by atoms with Crippen molar-refractivity contribution >= 4 is 0 Å². The summed E-state index contributed by atoms with van der Waals surface area (Å²) in [5, 5.41) is 0. The van der Waals surface area contributed by atoms with Crippen molar-refractivity contribution < 1.29 is 28.5 Å². The Hall–Kier alpha value is -1.32. The van der Waals surface area contributed by atoms with Gasteiger partial charge in [-0.05, 0) is 32.1 Å². The second kappa shape index (κ2) is 8.77. The van der Waals surface area contributed by atoms with E-state index in [1.165, 1.54) is 5.69 Å². The quantitative estimate of drug-likeness (QED) is 0.405. The molecule has 1 aromatic rings. The molecule has 1 aromatic heterocycles. The van der Waals surface area contributed by atoms with Crippen LogP contribution < -0.4 is 28.5 Å². The van der Waals surface area contributed by atoms with Gasteiger partial charge in [-0.15, -0.1) is 0 Å². The van der Waals surface area contributed by atoms with E-state index in [1.54, 1.807) is 0 Å². The van der Waals surface area contributed by atoms with Crippen LogP contribution in [0.1, 0.15) is 19.5 Å². The Bertz CT molecular complexity index is 552. The van der Waals surface area contributed by atoms with E-state index < -0.39 is 0 Å². The van der Waals surface area contributed by atoms with E-state index in [9.17, 15) is 0 Å². The van der Waals surface area contributed by atoms with E-state index in [-0.39, 0.29) is 24.0 Å². The van der Waals surface area contributed by atoms with Gasteiger partial charge in [-0.3, -0.25) is 0 Å². The zero-order valence-corrected chi connectivity index (χ0v) is 14.2.